The van der Waals surface area contributed by atoms with Gasteiger partial charge in [0.05, 0.1) is 6.04 Å². The minimum Gasteiger partial charge on any atom is -0.351 e. The quantitative estimate of drug-likeness (QED) is 0.728. The fourth-order valence-electron chi connectivity index (χ4n) is 2.44. The molecule has 0 saturated heterocycles. The molecule has 3 rings (SSSR count). The average Bonchev–Trinajstić information content (AvgIpc) is 2.91. The molecule has 22 heavy (non-hydrogen) atoms. The summed E-state index contributed by atoms with van der Waals surface area (Å²) in [6.07, 6.45) is 0. The van der Waals surface area contributed by atoms with Crippen LogP contribution < -0.4 is 5.32 Å². The van der Waals surface area contributed by atoms with Crippen LogP contribution in [0, 0.1) is 6.92 Å². The molecular weight excluding hydrogens is 296 g/mol. The van der Waals surface area contributed by atoms with Crippen LogP contribution in [0.4, 0.5) is 0 Å². The second kappa shape index (κ2) is 5.85. The zero-order valence-corrected chi connectivity index (χ0v) is 13.2. The molecule has 4 heteroatoms. The third-order valence-electron chi connectivity index (χ3n) is 3.75. The topological polar surface area (TPSA) is 44.9 Å². The Labute approximate surface area is 134 Å². The lowest BCUT2D eigenvalue weighted by Gasteiger charge is -2.14. The number of benzene rings is 2. The molecule has 1 heterocycles. The zero-order valence-electron chi connectivity index (χ0n) is 12.5. The number of aromatic nitrogens is 1. The number of amides is 1. The van der Waals surface area contributed by atoms with Gasteiger partial charge in [0, 0.05) is 15.9 Å². The number of H-pyrrole nitrogens is 1. The van der Waals surface area contributed by atoms with E-state index in [2.05, 4.69) is 10.3 Å². The number of nitrogens with one attached hydrogen (secondary N) is 2. The first-order valence-electron chi connectivity index (χ1n) is 7.18. The number of fused-ring (bicyclic) bond motifs is 1. The molecule has 112 valence electrons. The van der Waals surface area contributed by atoms with Crippen molar-refractivity contribution in [2.45, 2.75) is 19.9 Å². The Morgan fingerprint density at radius 1 is 1.14 bits per heavy atom. The van der Waals surface area contributed by atoms with Gasteiger partial charge in [-0.15, -0.1) is 0 Å². The van der Waals surface area contributed by atoms with Crippen LogP contribution in [0.2, 0.25) is 5.02 Å². The number of rotatable bonds is 3. The third kappa shape index (κ3) is 3.00. The number of carbonyl (C=O) groups excluding carboxylic acids is 1. The van der Waals surface area contributed by atoms with Gasteiger partial charge in [0.1, 0.15) is 5.69 Å². The van der Waals surface area contributed by atoms with Gasteiger partial charge < -0.3 is 10.3 Å². The van der Waals surface area contributed by atoms with E-state index in [-0.39, 0.29) is 11.9 Å². The van der Waals surface area contributed by atoms with Crippen LogP contribution >= 0.6 is 11.6 Å². The molecule has 0 saturated carbocycles. The van der Waals surface area contributed by atoms with Gasteiger partial charge in [-0.05, 0) is 43.7 Å². The maximum absolute atomic E-state index is 12.4. The molecule has 1 atom stereocenters. The normalized spacial score (nSPS) is 12.3. The third-order valence-corrected chi connectivity index (χ3v) is 3.99. The number of hydrogen-bond donors (Lipinski definition) is 2. The van der Waals surface area contributed by atoms with Crippen molar-refractivity contribution in [1.29, 1.82) is 0 Å². The fourth-order valence-corrected chi connectivity index (χ4v) is 2.62. The van der Waals surface area contributed by atoms with E-state index in [9.17, 15) is 4.79 Å². The molecule has 0 aliphatic heterocycles. The summed E-state index contributed by atoms with van der Waals surface area (Å²) in [6.45, 7) is 4.02. The SMILES string of the molecule is Cc1ccc([C@H](C)NC(=O)c2cc3cc(Cl)ccc3[nH]2)cc1. The molecule has 2 N–H and O–H groups in total. The predicted octanol–water partition coefficient (Wildman–Crippen LogP) is 4.62. The standard InChI is InChI=1S/C18H17ClN2O/c1-11-3-5-13(6-4-11)12(2)20-18(22)17-10-14-9-15(19)7-8-16(14)21-17/h3-10,12,21H,1-2H3,(H,20,22)/t12-/m0/s1. The van der Waals surface area contributed by atoms with Crippen molar-refractivity contribution in [3.05, 3.63) is 70.4 Å². The molecule has 0 fully saturated rings. The summed E-state index contributed by atoms with van der Waals surface area (Å²) in [7, 11) is 0. The monoisotopic (exact) mass is 312 g/mol. The summed E-state index contributed by atoms with van der Waals surface area (Å²) in [6, 6.07) is 15.4. The van der Waals surface area contributed by atoms with E-state index in [1.807, 2.05) is 56.3 Å². The van der Waals surface area contributed by atoms with Gasteiger partial charge in [-0.2, -0.15) is 0 Å². The second-order valence-electron chi connectivity index (χ2n) is 5.52. The second-order valence-corrected chi connectivity index (χ2v) is 5.96. The molecule has 3 aromatic rings. The Kier molecular flexibility index (Phi) is 3.90. The summed E-state index contributed by atoms with van der Waals surface area (Å²) in [5.74, 6) is -0.125. The first kappa shape index (κ1) is 14.7. The number of aromatic amines is 1. The van der Waals surface area contributed by atoms with Gasteiger partial charge in [-0.3, -0.25) is 4.79 Å². The summed E-state index contributed by atoms with van der Waals surface area (Å²) in [5.41, 5.74) is 3.72. The summed E-state index contributed by atoms with van der Waals surface area (Å²) in [5, 5.41) is 4.59. The minimum absolute atomic E-state index is 0.0527. The van der Waals surface area contributed by atoms with Crippen LogP contribution in [0.1, 0.15) is 34.6 Å². The lowest BCUT2D eigenvalue weighted by molar-refractivity contribution is 0.0935. The van der Waals surface area contributed by atoms with E-state index in [1.54, 1.807) is 6.07 Å². The van der Waals surface area contributed by atoms with Gasteiger partial charge in [0.2, 0.25) is 0 Å². The van der Waals surface area contributed by atoms with E-state index < -0.39 is 0 Å². The van der Waals surface area contributed by atoms with Crippen LogP contribution in [0.3, 0.4) is 0 Å². The van der Waals surface area contributed by atoms with Crippen molar-refractivity contribution in [2.75, 3.05) is 0 Å². The summed E-state index contributed by atoms with van der Waals surface area (Å²) < 4.78 is 0. The molecule has 2 aromatic carbocycles. The van der Waals surface area contributed by atoms with Crippen LogP contribution in [-0.2, 0) is 0 Å². The fraction of sp³-hybridized carbons (Fsp3) is 0.167. The molecule has 0 unspecified atom stereocenters. The lowest BCUT2D eigenvalue weighted by atomic mass is 10.1. The Bertz CT molecular complexity index is 821. The predicted molar refractivity (Wildman–Crippen MR) is 90.4 cm³/mol. The number of halogens is 1. The Morgan fingerprint density at radius 3 is 2.59 bits per heavy atom. The van der Waals surface area contributed by atoms with Crippen molar-refractivity contribution < 1.29 is 4.79 Å². The van der Waals surface area contributed by atoms with Gasteiger partial charge in [-0.25, -0.2) is 0 Å². The molecule has 0 aliphatic rings. The van der Waals surface area contributed by atoms with Gasteiger partial charge in [-0.1, -0.05) is 41.4 Å². The lowest BCUT2D eigenvalue weighted by Crippen LogP contribution is -2.26. The van der Waals surface area contributed by atoms with Gasteiger partial charge in [0.15, 0.2) is 0 Å². The highest BCUT2D eigenvalue weighted by Gasteiger charge is 2.13. The molecular formula is C18H17ClN2O. The van der Waals surface area contributed by atoms with Crippen LogP contribution in [0.25, 0.3) is 10.9 Å². The first-order chi connectivity index (χ1) is 10.5. The Hall–Kier alpha value is -2.26. The number of aryl methyl sites for hydroxylation is 1. The first-order valence-corrected chi connectivity index (χ1v) is 7.56. The van der Waals surface area contributed by atoms with Gasteiger partial charge >= 0.3 is 0 Å². The molecule has 0 spiro atoms. The van der Waals surface area contributed by atoms with E-state index in [0.29, 0.717) is 10.7 Å². The van der Waals surface area contributed by atoms with E-state index in [1.165, 1.54) is 5.56 Å². The van der Waals surface area contributed by atoms with E-state index in [4.69, 9.17) is 11.6 Å². The molecule has 1 aromatic heterocycles. The van der Waals surface area contributed by atoms with Crippen LogP contribution in [0.15, 0.2) is 48.5 Å². The van der Waals surface area contributed by atoms with Crippen molar-refractivity contribution in [3.63, 3.8) is 0 Å². The largest absolute Gasteiger partial charge is 0.351 e. The smallest absolute Gasteiger partial charge is 0.268 e. The summed E-state index contributed by atoms with van der Waals surface area (Å²) >= 11 is 5.97. The zero-order chi connectivity index (χ0) is 15.7. The Morgan fingerprint density at radius 2 is 1.86 bits per heavy atom. The van der Waals surface area contributed by atoms with Crippen molar-refractivity contribution >= 4 is 28.4 Å². The Balaban J connectivity index is 1.79. The van der Waals surface area contributed by atoms with Crippen LogP contribution in [-0.4, -0.2) is 10.9 Å². The van der Waals surface area contributed by atoms with E-state index >= 15 is 0 Å². The highest BCUT2D eigenvalue weighted by molar-refractivity contribution is 6.31. The van der Waals surface area contributed by atoms with Crippen LogP contribution in [0.5, 0.6) is 0 Å². The minimum atomic E-state index is -0.125. The van der Waals surface area contributed by atoms with Crippen molar-refractivity contribution in [3.8, 4) is 0 Å². The highest BCUT2D eigenvalue weighted by atomic mass is 35.5. The molecule has 0 aliphatic carbocycles. The van der Waals surface area contributed by atoms with Crippen molar-refractivity contribution in [2.24, 2.45) is 0 Å². The highest BCUT2D eigenvalue weighted by Crippen LogP contribution is 2.21. The number of hydrogen-bond acceptors (Lipinski definition) is 1. The molecule has 1 amide bonds. The van der Waals surface area contributed by atoms with Crippen molar-refractivity contribution in [1.82, 2.24) is 10.3 Å². The van der Waals surface area contributed by atoms with E-state index in [0.717, 1.165) is 16.5 Å². The van der Waals surface area contributed by atoms with Gasteiger partial charge in [0.25, 0.3) is 5.91 Å². The maximum Gasteiger partial charge on any atom is 0.268 e. The number of carbonyl (C=O) groups is 1. The average molecular weight is 313 g/mol. The molecule has 3 nitrogen and oxygen atoms in total. The maximum atomic E-state index is 12.4. The molecule has 0 bridgehead atoms. The summed E-state index contributed by atoms with van der Waals surface area (Å²) in [4.78, 5) is 15.5. The molecule has 0 radical (unpaired) electrons.